The molecule has 3 aromatic rings. The number of hydrogen-bond acceptors (Lipinski definition) is 8. The van der Waals surface area contributed by atoms with Gasteiger partial charge in [-0.3, -0.25) is 10.1 Å². The van der Waals surface area contributed by atoms with E-state index in [1.54, 1.807) is 19.1 Å². The fourth-order valence-corrected chi connectivity index (χ4v) is 3.11. The molecule has 0 aliphatic carbocycles. The van der Waals surface area contributed by atoms with Crippen LogP contribution in [0.5, 0.6) is 5.75 Å². The van der Waals surface area contributed by atoms with Crippen molar-refractivity contribution >= 4 is 23.3 Å². The van der Waals surface area contributed by atoms with Crippen LogP contribution in [-0.2, 0) is 9.53 Å². The van der Waals surface area contributed by atoms with Gasteiger partial charge < -0.3 is 13.9 Å². The second-order valence-corrected chi connectivity index (χ2v) is 6.98. The summed E-state index contributed by atoms with van der Waals surface area (Å²) < 4.78 is 16.4. The first-order chi connectivity index (χ1) is 14.2. The molecule has 0 N–H and O–H groups in total. The highest BCUT2D eigenvalue weighted by Crippen LogP contribution is 2.27. The number of aryl methyl sites for hydroxylation is 2. The summed E-state index contributed by atoms with van der Waals surface area (Å²) in [7, 11) is 0. The van der Waals surface area contributed by atoms with Gasteiger partial charge in [-0.15, -0.1) is 10.2 Å². The van der Waals surface area contributed by atoms with E-state index in [1.165, 1.54) is 24.3 Å². The van der Waals surface area contributed by atoms with Crippen molar-refractivity contribution in [3.63, 3.8) is 0 Å². The zero-order valence-electron chi connectivity index (χ0n) is 16.4. The third-order valence-corrected chi connectivity index (χ3v) is 4.40. The molecule has 0 radical (unpaired) electrons. The number of ether oxygens (including phenoxy) is 2. The predicted molar refractivity (Wildman–Crippen MR) is 107 cm³/mol. The van der Waals surface area contributed by atoms with Crippen molar-refractivity contribution in [2.45, 2.75) is 26.9 Å². The molecule has 3 rings (SSSR count). The molecule has 0 saturated carbocycles. The van der Waals surface area contributed by atoms with E-state index in [0.29, 0.717) is 16.3 Å². The first-order valence-corrected chi connectivity index (χ1v) is 9.29. The summed E-state index contributed by atoms with van der Waals surface area (Å²) in [4.78, 5) is 22.4. The third kappa shape index (κ3) is 4.93. The summed E-state index contributed by atoms with van der Waals surface area (Å²) in [6, 6.07) is 9.15. The summed E-state index contributed by atoms with van der Waals surface area (Å²) >= 11 is 5.99. The summed E-state index contributed by atoms with van der Waals surface area (Å²) in [6.07, 6.45) is -0.798. The molecule has 2 aromatic carbocycles. The van der Waals surface area contributed by atoms with E-state index >= 15 is 0 Å². The number of benzene rings is 2. The standard InChI is InChI=1S/C20H18ClN3O6/c1-11-8-15(21)9-12(2)18(11)28-10-17(25)29-13(3)19-22-23-20(30-19)14-4-6-16(7-5-14)24(26)27/h4-9,13H,10H2,1-3H3/t13-/m1/s1. The highest BCUT2D eigenvalue weighted by molar-refractivity contribution is 6.30. The third-order valence-electron chi connectivity index (χ3n) is 4.18. The molecular weight excluding hydrogens is 414 g/mol. The summed E-state index contributed by atoms with van der Waals surface area (Å²) in [5.74, 6) is 0.218. The van der Waals surface area contributed by atoms with Crippen LogP contribution in [0.1, 0.15) is 30.0 Å². The SMILES string of the molecule is Cc1cc(Cl)cc(C)c1OCC(=O)O[C@H](C)c1nnc(-c2ccc([N+](=O)[O-])cc2)o1. The van der Waals surface area contributed by atoms with E-state index < -0.39 is 17.0 Å². The van der Waals surface area contributed by atoms with Crippen LogP contribution in [0.2, 0.25) is 5.02 Å². The van der Waals surface area contributed by atoms with E-state index in [1.807, 2.05) is 13.8 Å². The van der Waals surface area contributed by atoms with Gasteiger partial charge in [0.25, 0.3) is 11.6 Å². The molecule has 0 unspecified atom stereocenters. The quantitative estimate of drug-likeness (QED) is 0.302. The fraction of sp³-hybridized carbons (Fsp3) is 0.250. The molecule has 0 aliphatic heterocycles. The number of halogens is 1. The van der Waals surface area contributed by atoms with Crippen molar-refractivity contribution in [2.24, 2.45) is 0 Å². The van der Waals surface area contributed by atoms with Gasteiger partial charge in [-0.1, -0.05) is 11.6 Å². The Morgan fingerprint density at radius 2 is 1.83 bits per heavy atom. The predicted octanol–water partition coefficient (Wildman–Crippen LogP) is 4.60. The minimum Gasteiger partial charge on any atom is -0.481 e. The molecule has 0 amide bonds. The summed E-state index contributed by atoms with van der Waals surface area (Å²) in [5, 5.41) is 19.1. The molecule has 0 fully saturated rings. The lowest BCUT2D eigenvalue weighted by Crippen LogP contribution is -2.17. The summed E-state index contributed by atoms with van der Waals surface area (Å²) in [6.45, 7) is 4.96. The van der Waals surface area contributed by atoms with E-state index in [2.05, 4.69) is 10.2 Å². The van der Waals surface area contributed by atoms with Crippen LogP contribution >= 0.6 is 11.6 Å². The number of carbonyl (C=O) groups excluding carboxylic acids is 1. The largest absolute Gasteiger partial charge is 0.481 e. The van der Waals surface area contributed by atoms with E-state index in [9.17, 15) is 14.9 Å². The molecule has 1 heterocycles. The number of hydrogen-bond donors (Lipinski definition) is 0. The van der Waals surface area contributed by atoms with Gasteiger partial charge in [0, 0.05) is 22.7 Å². The highest BCUT2D eigenvalue weighted by atomic mass is 35.5. The van der Waals surface area contributed by atoms with Crippen LogP contribution in [0.4, 0.5) is 5.69 Å². The van der Waals surface area contributed by atoms with Gasteiger partial charge in [0.1, 0.15) is 5.75 Å². The number of rotatable bonds is 7. The molecule has 0 aliphatic rings. The monoisotopic (exact) mass is 431 g/mol. The number of nitrogens with zero attached hydrogens (tertiary/aromatic N) is 3. The van der Waals surface area contributed by atoms with Gasteiger partial charge in [0.05, 0.1) is 4.92 Å². The van der Waals surface area contributed by atoms with Crippen molar-refractivity contribution in [1.82, 2.24) is 10.2 Å². The molecule has 156 valence electrons. The molecule has 1 atom stereocenters. The van der Waals surface area contributed by atoms with Crippen molar-refractivity contribution in [3.8, 4) is 17.2 Å². The van der Waals surface area contributed by atoms with Gasteiger partial charge in [0.15, 0.2) is 12.7 Å². The number of carbonyl (C=O) groups is 1. The summed E-state index contributed by atoms with van der Waals surface area (Å²) in [5.41, 5.74) is 2.08. The van der Waals surface area contributed by atoms with Crippen molar-refractivity contribution in [1.29, 1.82) is 0 Å². The Kier molecular flexibility index (Phi) is 6.31. The average Bonchev–Trinajstić information content (AvgIpc) is 3.17. The lowest BCUT2D eigenvalue weighted by atomic mass is 10.1. The first-order valence-electron chi connectivity index (χ1n) is 8.92. The fourth-order valence-electron chi connectivity index (χ4n) is 2.78. The van der Waals surface area contributed by atoms with Crippen LogP contribution in [0.15, 0.2) is 40.8 Å². The Bertz CT molecular complexity index is 1060. The Balaban J connectivity index is 1.60. The number of nitro groups is 1. The molecule has 10 heteroatoms. The van der Waals surface area contributed by atoms with Crippen LogP contribution in [-0.4, -0.2) is 27.7 Å². The lowest BCUT2D eigenvalue weighted by molar-refractivity contribution is -0.384. The van der Waals surface area contributed by atoms with Crippen LogP contribution in [0, 0.1) is 24.0 Å². The second kappa shape index (κ2) is 8.91. The van der Waals surface area contributed by atoms with Crippen molar-refractivity contribution < 1.29 is 23.6 Å². The normalized spacial score (nSPS) is 11.7. The second-order valence-electron chi connectivity index (χ2n) is 6.54. The van der Waals surface area contributed by atoms with Crippen LogP contribution in [0.3, 0.4) is 0 Å². The van der Waals surface area contributed by atoms with Crippen LogP contribution in [0.25, 0.3) is 11.5 Å². The van der Waals surface area contributed by atoms with E-state index in [4.69, 9.17) is 25.5 Å². The number of esters is 1. The topological polar surface area (TPSA) is 118 Å². The maximum atomic E-state index is 12.1. The van der Waals surface area contributed by atoms with Crippen molar-refractivity contribution in [2.75, 3.05) is 6.61 Å². The highest BCUT2D eigenvalue weighted by Gasteiger charge is 2.20. The minimum absolute atomic E-state index is 0.0491. The molecule has 9 nitrogen and oxygen atoms in total. The number of non-ortho nitro benzene ring substituents is 1. The van der Waals surface area contributed by atoms with E-state index in [0.717, 1.165) is 11.1 Å². The Morgan fingerprint density at radius 3 is 2.43 bits per heavy atom. The van der Waals surface area contributed by atoms with Gasteiger partial charge in [-0.25, -0.2) is 4.79 Å². The Labute approximate surface area is 176 Å². The van der Waals surface area contributed by atoms with Gasteiger partial charge >= 0.3 is 5.97 Å². The molecular formula is C20H18ClN3O6. The molecule has 0 saturated heterocycles. The minimum atomic E-state index is -0.798. The molecule has 30 heavy (non-hydrogen) atoms. The molecule has 1 aromatic heterocycles. The smallest absolute Gasteiger partial charge is 0.344 e. The van der Waals surface area contributed by atoms with Gasteiger partial charge in [0.2, 0.25) is 5.89 Å². The maximum absolute atomic E-state index is 12.1. The van der Waals surface area contributed by atoms with Gasteiger partial charge in [-0.05, 0) is 56.2 Å². The van der Waals surface area contributed by atoms with E-state index in [-0.39, 0.29) is 24.1 Å². The number of aromatic nitrogens is 2. The zero-order chi connectivity index (χ0) is 21.8. The first kappa shape index (κ1) is 21.3. The maximum Gasteiger partial charge on any atom is 0.344 e. The zero-order valence-corrected chi connectivity index (χ0v) is 17.2. The average molecular weight is 432 g/mol. The Morgan fingerprint density at radius 1 is 1.20 bits per heavy atom. The molecule has 0 bridgehead atoms. The van der Waals surface area contributed by atoms with Crippen molar-refractivity contribution in [3.05, 3.63) is 68.6 Å². The molecule has 0 spiro atoms. The number of nitro benzene ring substituents is 1. The Hall–Kier alpha value is -3.46. The van der Waals surface area contributed by atoms with Gasteiger partial charge in [-0.2, -0.15) is 0 Å². The lowest BCUT2D eigenvalue weighted by Gasteiger charge is -2.13. The van der Waals surface area contributed by atoms with Crippen LogP contribution < -0.4 is 4.74 Å².